The highest BCUT2D eigenvalue weighted by Crippen LogP contribution is 2.25. The van der Waals surface area contributed by atoms with Crippen molar-refractivity contribution in [2.45, 2.75) is 0 Å². The van der Waals surface area contributed by atoms with Crippen LogP contribution >= 0.6 is 0 Å². The summed E-state index contributed by atoms with van der Waals surface area (Å²) in [7, 11) is 0. The Bertz CT molecular complexity index is 1590. The number of carbonyl (C=O) groups excluding carboxylic acids is 1. The van der Waals surface area contributed by atoms with Gasteiger partial charge in [0.05, 0.1) is 11.3 Å². The van der Waals surface area contributed by atoms with Crippen LogP contribution in [0.25, 0.3) is 22.4 Å². The second kappa shape index (κ2) is 9.89. The van der Waals surface area contributed by atoms with E-state index in [0.717, 1.165) is 37.6 Å². The Kier molecular flexibility index (Phi) is 6.12. The number of pyridine rings is 1. The van der Waals surface area contributed by atoms with Crippen molar-refractivity contribution in [1.82, 2.24) is 20.4 Å². The SMILES string of the molecule is O=C(Nc1ccc(N2CCN(c3ccc(F)cc3)CC2)cc1)c1cc(-c2ccc3[nH]nnc3n2)ccc1F. The molecule has 0 spiro atoms. The average molecular weight is 512 g/mol. The molecule has 190 valence electrons. The van der Waals surface area contributed by atoms with Crippen molar-refractivity contribution < 1.29 is 13.6 Å². The Morgan fingerprint density at radius 1 is 0.816 bits per heavy atom. The quantitative estimate of drug-likeness (QED) is 0.350. The van der Waals surface area contributed by atoms with Crippen LogP contribution in [0.15, 0.2) is 78.9 Å². The molecule has 5 aromatic rings. The molecule has 10 heteroatoms. The molecule has 1 amide bonds. The molecule has 3 aromatic carbocycles. The van der Waals surface area contributed by atoms with Gasteiger partial charge in [0.25, 0.3) is 5.91 Å². The van der Waals surface area contributed by atoms with Crippen molar-refractivity contribution in [2.24, 2.45) is 0 Å². The van der Waals surface area contributed by atoms with Gasteiger partial charge in [0.2, 0.25) is 5.65 Å². The van der Waals surface area contributed by atoms with E-state index in [1.54, 1.807) is 42.5 Å². The molecule has 1 aliphatic rings. The van der Waals surface area contributed by atoms with Gasteiger partial charge in [-0.1, -0.05) is 5.21 Å². The first-order valence-electron chi connectivity index (χ1n) is 12.2. The molecule has 2 aromatic heterocycles. The topological polar surface area (TPSA) is 90.0 Å². The molecule has 0 radical (unpaired) electrons. The van der Waals surface area contributed by atoms with Crippen LogP contribution in [0.4, 0.5) is 25.8 Å². The highest BCUT2D eigenvalue weighted by atomic mass is 19.1. The van der Waals surface area contributed by atoms with Crippen molar-refractivity contribution in [3.63, 3.8) is 0 Å². The summed E-state index contributed by atoms with van der Waals surface area (Å²) in [6.45, 7) is 3.26. The van der Waals surface area contributed by atoms with E-state index in [1.165, 1.54) is 24.3 Å². The summed E-state index contributed by atoms with van der Waals surface area (Å²) in [6.07, 6.45) is 0. The summed E-state index contributed by atoms with van der Waals surface area (Å²) in [5.41, 5.74) is 4.81. The highest BCUT2D eigenvalue weighted by molar-refractivity contribution is 6.05. The molecule has 1 aliphatic heterocycles. The summed E-state index contributed by atoms with van der Waals surface area (Å²) in [5, 5.41) is 13.1. The molecule has 3 heterocycles. The molecule has 0 saturated carbocycles. The third-order valence-corrected chi connectivity index (χ3v) is 6.66. The Morgan fingerprint density at radius 2 is 1.47 bits per heavy atom. The highest BCUT2D eigenvalue weighted by Gasteiger charge is 2.18. The number of H-pyrrole nitrogens is 1. The number of halogens is 2. The average Bonchev–Trinajstić information content (AvgIpc) is 3.42. The smallest absolute Gasteiger partial charge is 0.258 e. The number of nitrogens with one attached hydrogen (secondary N) is 2. The lowest BCUT2D eigenvalue weighted by Crippen LogP contribution is -2.46. The number of amides is 1. The standard InChI is InChI=1S/C28H23F2N7O/c29-19-2-6-21(7-3-19)36-13-15-37(16-14-36)22-8-4-20(5-9-22)31-28(38)23-17-18(1-10-24(23)30)25-11-12-26-27(32-25)34-35-33-26/h1-12,17H,13-16H2,(H,31,38)(H,32,33,34,35). The molecule has 6 rings (SSSR count). The van der Waals surface area contributed by atoms with E-state index in [-0.39, 0.29) is 11.4 Å². The van der Waals surface area contributed by atoms with Gasteiger partial charge in [-0.15, -0.1) is 5.10 Å². The lowest BCUT2D eigenvalue weighted by Gasteiger charge is -2.37. The zero-order valence-corrected chi connectivity index (χ0v) is 20.2. The molecule has 0 aliphatic carbocycles. The Labute approximate surface area is 216 Å². The number of aromatic amines is 1. The number of hydrogen-bond acceptors (Lipinski definition) is 6. The van der Waals surface area contributed by atoms with E-state index in [2.05, 4.69) is 35.5 Å². The van der Waals surface area contributed by atoms with Gasteiger partial charge in [-0.3, -0.25) is 9.89 Å². The van der Waals surface area contributed by atoms with Gasteiger partial charge < -0.3 is 15.1 Å². The van der Waals surface area contributed by atoms with Gasteiger partial charge in [-0.25, -0.2) is 13.8 Å². The number of benzene rings is 3. The fraction of sp³-hybridized carbons (Fsp3) is 0.143. The van der Waals surface area contributed by atoms with Crippen molar-refractivity contribution in [1.29, 1.82) is 0 Å². The van der Waals surface area contributed by atoms with Crippen LogP contribution in [0, 0.1) is 11.6 Å². The monoisotopic (exact) mass is 511 g/mol. The normalized spacial score (nSPS) is 13.6. The minimum Gasteiger partial charge on any atom is -0.368 e. The van der Waals surface area contributed by atoms with E-state index in [9.17, 15) is 13.6 Å². The molecule has 0 atom stereocenters. The number of fused-ring (bicyclic) bond motifs is 1. The van der Waals surface area contributed by atoms with Crippen LogP contribution in [0.2, 0.25) is 0 Å². The van der Waals surface area contributed by atoms with Gasteiger partial charge >= 0.3 is 0 Å². The number of hydrogen-bond donors (Lipinski definition) is 2. The maximum absolute atomic E-state index is 14.6. The molecular weight excluding hydrogens is 488 g/mol. The maximum atomic E-state index is 14.6. The second-order valence-electron chi connectivity index (χ2n) is 9.03. The number of nitrogens with zero attached hydrogens (tertiary/aromatic N) is 5. The van der Waals surface area contributed by atoms with Crippen molar-refractivity contribution >= 4 is 34.1 Å². The van der Waals surface area contributed by atoms with Crippen LogP contribution in [0.3, 0.4) is 0 Å². The molecular formula is C28H23F2N7O. The molecule has 38 heavy (non-hydrogen) atoms. The van der Waals surface area contributed by atoms with E-state index in [0.29, 0.717) is 28.1 Å². The van der Waals surface area contributed by atoms with Crippen molar-refractivity contribution in [3.05, 3.63) is 96.1 Å². The van der Waals surface area contributed by atoms with Gasteiger partial charge in [-0.2, -0.15) is 0 Å². The summed E-state index contributed by atoms with van der Waals surface area (Å²) < 4.78 is 27.8. The van der Waals surface area contributed by atoms with Gasteiger partial charge in [0.1, 0.15) is 17.2 Å². The Balaban J connectivity index is 1.11. The largest absolute Gasteiger partial charge is 0.368 e. The van der Waals surface area contributed by atoms with Gasteiger partial charge in [0, 0.05) is 48.8 Å². The van der Waals surface area contributed by atoms with Crippen LogP contribution < -0.4 is 15.1 Å². The molecule has 0 unspecified atom stereocenters. The zero-order chi connectivity index (χ0) is 26.1. The second-order valence-corrected chi connectivity index (χ2v) is 9.03. The Morgan fingerprint density at radius 3 is 2.16 bits per heavy atom. The van der Waals surface area contributed by atoms with Crippen LogP contribution in [-0.2, 0) is 0 Å². The predicted octanol–water partition coefficient (Wildman–Crippen LogP) is 4.88. The van der Waals surface area contributed by atoms with Crippen LogP contribution in [-0.4, -0.2) is 52.5 Å². The van der Waals surface area contributed by atoms with E-state index < -0.39 is 11.7 Å². The lowest BCUT2D eigenvalue weighted by molar-refractivity contribution is 0.102. The number of carbonyl (C=O) groups is 1. The minimum atomic E-state index is -0.621. The first-order chi connectivity index (χ1) is 18.5. The minimum absolute atomic E-state index is 0.0782. The van der Waals surface area contributed by atoms with E-state index in [1.807, 2.05) is 12.1 Å². The third kappa shape index (κ3) is 4.75. The number of piperazine rings is 1. The maximum Gasteiger partial charge on any atom is 0.258 e. The van der Waals surface area contributed by atoms with Crippen molar-refractivity contribution in [2.75, 3.05) is 41.3 Å². The molecule has 0 bridgehead atoms. The molecule has 2 N–H and O–H groups in total. The summed E-state index contributed by atoms with van der Waals surface area (Å²) in [4.78, 5) is 21.8. The first-order valence-corrected chi connectivity index (χ1v) is 12.2. The fourth-order valence-electron chi connectivity index (χ4n) is 4.59. The fourth-order valence-corrected chi connectivity index (χ4v) is 4.59. The van der Waals surface area contributed by atoms with Crippen molar-refractivity contribution in [3.8, 4) is 11.3 Å². The number of aromatic nitrogens is 4. The van der Waals surface area contributed by atoms with Gasteiger partial charge in [-0.05, 0) is 78.9 Å². The van der Waals surface area contributed by atoms with Crippen LogP contribution in [0.5, 0.6) is 0 Å². The molecule has 1 fully saturated rings. The van der Waals surface area contributed by atoms with Gasteiger partial charge in [0.15, 0.2) is 0 Å². The third-order valence-electron chi connectivity index (χ3n) is 6.66. The first kappa shape index (κ1) is 23.5. The summed E-state index contributed by atoms with van der Waals surface area (Å²) in [5.74, 6) is -1.41. The Hall–Kier alpha value is -4.86. The molecule has 1 saturated heterocycles. The van der Waals surface area contributed by atoms with Crippen LogP contribution in [0.1, 0.15) is 10.4 Å². The lowest BCUT2D eigenvalue weighted by atomic mass is 10.1. The summed E-state index contributed by atoms with van der Waals surface area (Å²) in [6, 6.07) is 21.9. The number of rotatable bonds is 5. The molecule has 8 nitrogen and oxygen atoms in total. The number of anilines is 3. The van der Waals surface area contributed by atoms with E-state index >= 15 is 0 Å². The zero-order valence-electron chi connectivity index (χ0n) is 20.2. The summed E-state index contributed by atoms with van der Waals surface area (Å²) >= 11 is 0. The van der Waals surface area contributed by atoms with E-state index in [4.69, 9.17) is 0 Å². The predicted molar refractivity (Wildman–Crippen MR) is 142 cm³/mol.